The number of nitro groups is 1. The summed E-state index contributed by atoms with van der Waals surface area (Å²) in [4.78, 5) is 30.3. The van der Waals surface area contributed by atoms with Crippen LogP contribution in [0.4, 0.5) is 5.69 Å². The average molecular weight is 531 g/mol. The average Bonchev–Trinajstić information content (AvgIpc) is 3.36. The second-order valence-corrected chi connectivity index (χ2v) is 11.3. The molecule has 0 radical (unpaired) electrons. The van der Waals surface area contributed by atoms with Crippen molar-refractivity contribution >= 4 is 33.0 Å². The lowest BCUT2D eigenvalue weighted by atomic mass is 9.84. The summed E-state index contributed by atoms with van der Waals surface area (Å²) in [6.45, 7) is 5.02. The number of carbonyl (C=O) groups is 1. The first kappa shape index (κ1) is 25.9. The molecule has 6 rings (SSSR count). The van der Waals surface area contributed by atoms with E-state index in [9.17, 15) is 23.3 Å². The normalized spacial score (nSPS) is 20.8. The Balaban J connectivity index is 0.000000233. The Morgan fingerprint density at radius 3 is 2.47 bits per heavy atom. The highest BCUT2D eigenvalue weighted by molar-refractivity contribution is 7.85. The number of fused-ring (bicyclic) bond motifs is 3. The van der Waals surface area contributed by atoms with E-state index in [2.05, 4.69) is 15.2 Å². The number of hydrogen-bond donors (Lipinski definition) is 2. The van der Waals surface area contributed by atoms with Gasteiger partial charge in [0, 0.05) is 36.5 Å². The Morgan fingerprint density at radius 1 is 1.19 bits per heavy atom. The lowest BCUT2D eigenvalue weighted by molar-refractivity contribution is -0.384. The van der Waals surface area contributed by atoms with Crippen LogP contribution >= 0.6 is 11.3 Å². The van der Waals surface area contributed by atoms with Gasteiger partial charge in [-0.2, -0.15) is 8.42 Å². The fourth-order valence-electron chi connectivity index (χ4n) is 4.35. The highest BCUT2D eigenvalue weighted by Gasteiger charge is 2.35. The minimum absolute atomic E-state index is 0.0316. The molecule has 0 saturated carbocycles. The van der Waals surface area contributed by atoms with E-state index in [0.29, 0.717) is 16.5 Å². The van der Waals surface area contributed by atoms with E-state index in [1.165, 1.54) is 35.6 Å². The number of aromatic nitrogens is 1. The van der Waals surface area contributed by atoms with Crippen molar-refractivity contribution in [3.8, 4) is 10.4 Å². The van der Waals surface area contributed by atoms with Crippen molar-refractivity contribution in [3.05, 3.63) is 75.4 Å². The van der Waals surface area contributed by atoms with Crippen LogP contribution in [0.15, 0.2) is 59.6 Å². The Kier molecular flexibility index (Phi) is 7.79. The highest BCUT2D eigenvalue weighted by atomic mass is 32.2. The zero-order valence-electron chi connectivity index (χ0n) is 19.5. The van der Waals surface area contributed by atoms with Crippen molar-refractivity contribution in [2.45, 2.75) is 30.7 Å². The molecule has 1 aromatic heterocycles. The molecule has 3 fully saturated rings. The van der Waals surface area contributed by atoms with Crippen LogP contribution in [0.5, 0.6) is 0 Å². The molecule has 36 heavy (non-hydrogen) atoms. The quantitative estimate of drug-likeness (QED) is 0.288. The molecule has 0 unspecified atom stereocenters. The molecule has 3 aliphatic rings. The van der Waals surface area contributed by atoms with Gasteiger partial charge >= 0.3 is 0 Å². The second kappa shape index (κ2) is 10.8. The summed E-state index contributed by atoms with van der Waals surface area (Å²) in [7, 11) is -4.02. The zero-order chi connectivity index (χ0) is 25.9. The van der Waals surface area contributed by atoms with Gasteiger partial charge in [-0.15, -0.1) is 11.3 Å². The predicted molar refractivity (Wildman–Crippen MR) is 136 cm³/mol. The second-order valence-electron chi connectivity index (χ2n) is 8.84. The third-order valence-electron chi connectivity index (χ3n) is 6.33. The molecule has 2 aromatic carbocycles. The number of carbonyl (C=O) groups excluding carboxylic acids is 1. The van der Waals surface area contributed by atoms with E-state index in [1.54, 1.807) is 30.5 Å². The van der Waals surface area contributed by atoms with Crippen LogP contribution < -0.4 is 5.32 Å². The van der Waals surface area contributed by atoms with E-state index >= 15 is 0 Å². The topological polar surface area (TPSA) is 143 Å². The molecule has 190 valence electrons. The van der Waals surface area contributed by atoms with Crippen LogP contribution in [0.3, 0.4) is 0 Å². The van der Waals surface area contributed by atoms with Crippen molar-refractivity contribution in [1.82, 2.24) is 15.2 Å². The van der Waals surface area contributed by atoms with Gasteiger partial charge in [0.25, 0.3) is 21.7 Å². The van der Waals surface area contributed by atoms with Crippen LogP contribution in [-0.4, -0.2) is 59.4 Å². The van der Waals surface area contributed by atoms with Crippen LogP contribution in [-0.2, 0) is 10.1 Å². The predicted octanol–water partition coefficient (Wildman–Crippen LogP) is 3.78. The monoisotopic (exact) mass is 530 g/mol. The fourth-order valence-corrected chi connectivity index (χ4v) is 5.65. The Labute approximate surface area is 212 Å². The number of piperidine rings is 3. The van der Waals surface area contributed by atoms with Gasteiger partial charge in [0.2, 0.25) is 0 Å². The van der Waals surface area contributed by atoms with Crippen molar-refractivity contribution in [1.29, 1.82) is 0 Å². The van der Waals surface area contributed by atoms with Gasteiger partial charge in [-0.05, 0) is 50.9 Å². The molecule has 4 heterocycles. The number of amides is 1. The van der Waals surface area contributed by atoms with Crippen LogP contribution in [0, 0.1) is 23.0 Å². The fraction of sp³-hybridized carbons (Fsp3) is 0.333. The van der Waals surface area contributed by atoms with Gasteiger partial charge in [-0.1, -0.05) is 29.8 Å². The number of nitrogens with one attached hydrogen (secondary N) is 1. The summed E-state index contributed by atoms with van der Waals surface area (Å²) in [5.41, 5.74) is 1.69. The molecular weight excluding hydrogens is 504 g/mol. The highest BCUT2D eigenvalue weighted by Crippen LogP contribution is 2.30. The molecule has 1 amide bonds. The number of non-ortho nitro benzene ring substituents is 1. The number of benzene rings is 2. The maximum Gasteiger partial charge on any atom is 0.294 e. The first-order valence-electron chi connectivity index (χ1n) is 11.4. The molecule has 0 spiro atoms. The maximum atomic E-state index is 12.5. The minimum Gasteiger partial charge on any atom is -0.346 e. The minimum atomic E-state index is -4.02. The standard InChI is InChI=1S/C17H18N4O3S.C7H8O3S/c22-16(19-14-10-20-6-4-11(14)5-7-20)17-18-9-15(25-17)12-2-1-3-13(8-12)21(23)24;1-6-2-4-7(5-3-6)11(8,9)10/h1-3,8-9,11,14H,4-7,10H2,(H,19,22);2-5H,1H3,(H,8,9,10)/t14-;/m0./s1. The Hall–Kier alpha value is -3.19. The molecule has 1 atom stereocenters. The summed E-state index contributed by atoms with van der Waals surface area (Å²) in [5, 5.41) is 14.4. The van der Waals surface area contributed by atoms with Crippen molar-refractivity contribution in [2.75, 3.05) is 19.6 Å². The molecule has 2 bridgehead atoms. The summed E-state index contributed by atoms with van der Waals surface area (Å²) in [6.07, 6.45) is 3.89. The van der Waals surface area contributed by atoms with E-state index in [-0.39, 0.29) is 22.5 Å². The number of rotatable bonds is 5. The van der Waals surface area contributed by atoms with E-state index in [4.69, 9.17) is 4.55 Å². The first-order valence-corrected chi connectivity index (χ1v) is 13.6. The summed E-state index contributed by atoms with van der Waals surface area (Å²) >= 11 is 1.26. The van der Waals surface area contributed by atoms with E-state index < -0.39 is 15.0 Å². The van der Waals surface area contributed by atoms with Gasteiger partial charge in [0.05, 0.1) is 14.7 Å². The molecule has 3 aromatic rings. The largest absolute Gasteiger partial charge is 0.346 e. The summed E-state index contributed by atoms with van der Waals surface area (Å²) < 4.78 is 29.6. The summed E-state index contributed by atoms with van der Waals surface area (Å²) in [5.74, 6) is 0.408. The van der Waals surface area contributed by atoms with Crippen molar-refractivity contribution in [3.63, 3.8) is 0 Å². The smallest absolute Gasteiger partial charge is 0.294 e. The van der Waals surface area contributed by atoms with Gasteiger partial charge in [0.15, 0.2) is 5.01 Å². The number of nitrogens with zero attached hydrogens (tertiary/aromatic N) is 3. The molecule has 3 aliphatic heterocycles. The third kappa shape index (κ3) is 6.32. The third-order valence-corrected chi connectivity index (χ3v) is 8.25. The molecule has 0 aliphatic carbocycles. The molecule has 2 N–H and O–H groups in total. The lowest BCUT2D eigenvalue weighted by Gasteiger charge is -2.44. The zero-order valence-corrected chi connectivity index (χ0v) is 21.2. The van der Waals surface area contributed by atoms with Crippen LogP contribution in [0.25, 0.3) is 10.4 Å². The Bertz CT molecular complexity index is 1350. The SMILES string of the molecule is Cc1ccc(S(=O)(=O)O)cc1.O=C(N[C@H]1CN2CCC1CC2)c1ncc(-c2cccc([N+](=O)[O-])c2)s1. The molecular formula is C24H26N4O6S2. The molecule has 10 nitrogen and oxygen atoms in total. The molecule has 12 heteroatoms. The van der Waals surface area contributed by atoms with Gasteiger partial charge in [0.1, 0.15) is 0 Å². The number of thiazole rings is 1. The maximum absolute atomic E-state index is 12.5. The molecule has 3 saturated heterocycles. The van der Waals surface area contributed by atoms with Crippen LogP contribution in [0.1, 0.15) is 28.2 Å². The lowest BCUT2D eigenvalue weighted by Crippen LogP contribution is -2.57. The van der Waals surface area contributed by atoms with Crippen LogP contribution in [0.2, 0.25) is 0 Å². The van der Waals surface area contributed by atoms with Crippen molar-refractivity contribution < 1.29 is 22.7 Å². The van der Waals surface area contributed by atoms with Gasteiger partial charge in [-0.3, -0.25) is 19.5 Å². The van der Waals surface area contributed by atoms with E-state index in [1.807, 2.05) is 6.92 Å². The van der Waals surface area contributed by atoms with E-state index in [0.717, 1.165) is 42.9 Å². The van der Waals surface area contributed by atoms with Gasteiger partial charge < -0.3 is 10.2 Å². The number of aryl methyl sites for hydroxylation is 1. The van der Waals surface area contributed by atoms with Crippen molar-refractivity contribution in [2.24, 2.45) is 5.92 Å². The number of hydrogen-bond acceptors (Lipinski definition) is 8. The van der Waals surface area contributed by atoms with Gasteiger partial charge in [-0.25, -0.2) is 4.98 Å². The summed E-state index contributed by atoms with van der Waals surface area (Å²) in [6, 6.07) is 12.6. The Morgan fingerprint density at radius 2 is 1.89 bits per heavy atom. The number of nitro benzene ring substituents is 1. The first-order chi connectivity index (χ1) is 17.1.